The summed E-state index contributed by atoms with van der Waals surface area (Å²) in [6.45, 7) is 48.0. The number of sulfone groups is 1. The van der Waals surface area contributed by atoms with Gasteiger partial charge in [0.1, 0.15) is 11.5 Å². The lowest BCUT2D eigenvalue weighted by atomic mass is 10.0. The maximum Gasteiger partial charge on any atom is 0.206 e. The molecule has 0 aliphatic heterocycles. The lowest BCUT2D eigenvalue weighted by Crippen LogP contribution is -2.24. The highest BCUT2D eigenvalue weighted by Crippen LogP contribution is 2.42. The number of nitrogens with zero attached hydrogens (tertiary/aromatic N) is 1. The summed E-state index contributed by atoms with van der Waals surface area (Å²) in [7, 11) is -6.12. The van der Waals surface area contributed by atoms with E-state index in [9.17, 15) is 17.8 Å². The molecule has 119 heavy (non-hydrogen) atoms. The molecule has 0 radical (unpaired) electrons. The molecule has 9 heteroatoms. The molecule has 0 fully saturated rings. The van der Waals surface area contributed by atoms with Crippen molar-refractivity contribution in [3.05, 3.63) is 447 Å². The van der Waals surface area contributed by atoms with E-state index in [0.29, 0.717) is 9.79 Å². The third-order valence-electron chi connectivity index (χ3n) is 14.1. The number of ether oxygens (including phenoxy) is 1. The van der Waals surface area contributed by atoms with Gasteiger partial charge in [-0.3, -0.25) is 4.79 Å². The van der Waals surface area contributed by atoms with Gasteiger partial charge in [-0.1, -0.05) is 518 Å². The first-order valence-corrected chi connectivity index (χ1v) is 46.8. The summed E-state index contributed by atoms with van der Waals surface area (Å²) in [5.41, 5.74) is 5.69. The Balaban J connectivity index is -0.000000637. The third kappa shape index (κ3) is 46.5. The molecule has 0 bridgehead atoms. The number of hydrogen-bond donors (Lipinski definition) is 0. The van der Waals surface area contributed by atoms with Crippen molar-refractivity contribution >= 4 is 61.8 Å². The van der Waals surface area contributed by atoms with Gasteiger partial charge in [0, 0.05) is 48.0 Å². The molecule has 0 unspecified atom stereocenters. The van der Waals surface area contributed by atoms with Gasteiger partial charge < -0.3 is 9.30 Å². The van der Waals surface area contributed by atoms with Crippen LogP contribution in [0.25, 0.3) is 0 Å². The summed E-state index contributed by atoms with van der Waals surface area (Å²) < 4.78 is 43.5. The van der Waals surface area contributed by atoms with Gasteiger partial charge in [-0.2, -0.15) is 0 Å². The van der Waals surface area contributed by atoms with E-state index < -0.39 is 17.0 Å². The number of para-hydroxylation sites is 3. The van der Waals surface area contributed by atoms with E-state index >= 15 is 0 Å². The molecule has 0 saturated heterocycles. The van der Waals surface area contributed by atoms with Crippen LogP contribution < -0.4 is 20.7 Å². The largest absolute Gasteiger partial charge is 0.457 e. The number of rotatable bonds is 14. The molecular formula is C110H142NO5PS2. The maximum absolute atomic E-state index is 13.8. The predicted octanol–water partition coefficient (Wildman–Crippen LogP) is 33.2. The number of aliphatic imine (C=N–C) groups is 1. The minimum atomic E-state index is -3.34. The summed E-state index contributed by atoms with van der Waals surface area (Å²) in [5.74, 6) is 1.81. The molecule has 14 aromatic rings. The van der Waals surface area contributed by atoms with Crippen LogP contribution in [0.2, 0.25) is 0 Å². The van der Waals surface area contributed by atoms with Crippen LogP contribution in [0.1, 0.15) is 193 Å². The van der Waals surface area contributed by atoms with Crippen molar-refractivity contribution < 1.29 is 22.5 Å². The molecule has 0 aliphatic rings. The van der Waals surface area contributed by atoms with Crippen molar-refractivity contribution in [1.29, 1.82) is 0 Å². The molecule has 6 nitrogen and oxygen atoms in total. The molecule has 0 saturated carbocycles. The molecular weight excluding hydrogens is 1510 g/mol. The zero-order chi connectivity index (χ0) is 89.9. The zero-order valence-corrected chi connectivity index (χ0v) is 78.7. The second kappa shape index (κ2) is 80.5. The fourth-order valence-corrected chi connectivity index (χ4v) is 14.2. The molecule has 0 atom stereocenters. The van der Waals surface area contributed by atoms with Crippen molar-refractivity contribution in [2.45, 2.75) is 186 Å². The van der Waals surface area contributed by atoms with Crippen molar-refractivity contribution in [2.75, 3.05) is 0 Å². The Morgan fingerprint density at radius 1 is 0.244 bits per heavy atom. The van der Waals surface area contributed by atoms with Crippen molar-refractivity contribution in [3.63, 3.8) is 0 Å². The molecule has 0 spiro atoms. The fourth-order valence-electron chi connectivity index (χ4n) is 9.39. The van der Waals surface area contributed by atoms with Crippen LogP contribution in [0, 0.1) is 0 Å². The summed E-state index contributed by atoms with van der Waals surface area (Å²) in [6.07, 6.45) is 0. The Morgan fingerprint density at radius 3 is 0.664 bits per heavy atom. The lowest BCUT2D eigenvalue weighted by molar-refractivity contribution is 0.103. The van der Waals surface area contributed by atoms with E-state index in [1.807, 2.05) is 457 Å². The average molecular weight is 1650 g/mol. The fraction of sp³-hybridized carbons (Fsp3) is 0.218. The number of carbonyl (C=O) groups excluding carboxylic acids is 1. The summed E-state index contributed by atoms with van der Waals surface area (Å²) in [4.78, 5) is 19.9. The van der Waals surface area contributed by atoms with Crippen LogP contribution in [0.15, 0.2) is 449 Å². The summed E-state index contributed by atoms with van der Waals surface area (Å²) in [6, 6.07) is 136. The summed E-state index contributed by atoms with van der Waals surface area (Å²) in [5, 5.41) is 2.62. The van der Waals surface area contributed by atoms with Gasteiger partial charge in [-0.15, -0.1) is 0 Å². The van der Waals surface area contributed by atoms with E-state index in [0.717, 1.165) is 61.1 Å². The van der Waals surface area contributed by atoms with Crippen molar-refractivity contribution in [1.82, 2.24) is 0 Å². The Labute approximate surface area is 728 Å². The van der Waals surface area contributed by atoms with Gasteiger partial charge in [0.2, 0.25) is 9.84 Å². The van der Waals surface area contributed by atoms with Gasteiger partial charge in [0.05, 0.1) is 21.2 Å². The van der Waals surface area contributed by atoms with E-state index in [2.05, 4.69) is 72.8 Å². The minimum Gasteiger partial charge on any atom is -0.457 e. The smallest absolute Gasteiger partial charge is 0.206 e. The van der Waals surface area contributed by atoms with E-state index in [1.54, 1.807) is 72.4 Å². The highest BCUT2D eigenvalue weighted by molar-refractivity contribution is 7.99. The maximum atomic E-state index is 13.8. The molecule has 0 heterocycles. The number of carbonyl (C=O) groups is 1. The van der Waals surface area contributed by atoms with Crippen LogP contribution >= 0.6 is 18.9 Å². The van der Waals surface area contributed by atoms with Crippen LogP contribution in [-0.2, 0) is 14.4 Å². The molecule has 0 aromatic heterocycles. The number of benzene rings is 14. The average Bonchev–Trinajstić information content (AvgIpc) is 0.772. The van der Waals surface area contributed by atoms with Gasteiger partial charge in [0.15, 0.2) is 12.9 Å². The topological polar surface area (TPSA) is 89.9 Å². The molecule has 634 valence electrons. The molecule has 0 aliphatic carbocycles. The quantitative estimate of drug-likeness (QED) is 0.0612. The van der Waals surface area contributed by atoms with Crippen molar-refractivity contribution in [3.8, 4) is 11.5 Å². The van der Waals surface area contributed by atoms with Gasteiger partial charge >= 0.3 is 0 Å². The van der Waals surface area contributed by atoms with Crippen LogP contribution in [0.4, 0.5) is 5.69 Å². The Bertz CT molecular complexity index is 4240. The molecule has 0 amide bonds. The van der Waals surface area contributed by atoms with Gasteiger partial charge in [0.25, 0.3) is 0 Å². The molecule has 14 rings (SSSR count). The standard InChI is InChI=1S/C19H15N.C18H15OP.C13H10O.C12H10O2S.C12H10O.C12H10S.12C2H6/c1-4-10-16(11-5-1)19(17-12-6-2-7-13-17)20-18-14-8-3-9-15-18;19-20(16-10-4-1-5-11-16,17-12-6-2-7-13-17)18-14-8-3-9-15-18;14-13(11-7-3-1-4-8-11)12-9-5-2-6-10-12;13-15(14,11-7-3-1-4-8-11)12-9-5-2-6-10-12;2*1-3-7-11(8-4-1)13-12-9-5-2-6-10-12;12*1-2/h2*1-15H;1-10H;1-10H;2*1-10H;12*1-2H3. The Kier molecular flexibility index (Phi) is 77.2. The van der Waals surface area contributed by atoms with Crippen molar-refractivity contribution in [2.24, 2.45) is 4.99 Å². The highest BCUT2D eigenvalue weighted by Gasteiger charge is 2.29. The van der Waals surface area contributed by atoms with Crippen LogP contribution in [0.3, 0.4) is 0 Å². The normalized spacial score (nSPS) is 8.84. The lowest BCUT2D eigenvalue weighted by Gasteiger charge is -2.19. The van der Waals surface area contributed by atoms with Gasteiger partial charge in [-0.05, 0) is 84.9 Å². The van der Waals surface area contributed by atoms with Gasteiger partial charge in [-0.25, -0.2) is 13.4 Å². The number of ketones is 1. The zero-order valence-electron chi connectivity index (χ0n) is 76.2. The SMILES string of the molecule is CC.CC.CC.CC.CC.CC.CC.CC.CC.CC.CC.CC.O=C(c1ccccc1)c1ccccc1.O=P(c1ccccc1)(c1ccccc1)c1ccccc1.O=S(=O)(c1ccccc1)c1ccccc1.c1ccc(N=C(c2ccccc2)c2ccccc2)cc1.c1ccc(Oc2ccccc2)cc1.c1ccc(Sc2ccccc2)cc1. The van der Waals surface area contributed by atoms with E-state index in [4.69, 9.17) is 9.73 Å². The number of hydrogen-bond acceptors (Lipinski definition) is 7. The first kappa shape index (κ1) is 114. The van der Waals surface area contributed by atoms with E-state index in [-0.39, 0.29) is 5.78 Å². The molecule has 0 N–H and O–H groups in total. The molecule has 14 aromatic carbocycles. The van der Waals surface area contributed by atoms with Crippen LogP contribution in [0.5, 0.6) is 11.5 Å². The van der Waals surface area contributed by atoms with Crippen LogP contribution in [-0.4, -0.2) is 19.9 Å². The Hall–Kier alpha value is -11.3. The third-order valence-corrected chi connectivity index (χ3v) is 20.0. The highest BCUT2D eigenvalue weighted by atomic mass is 32.2. The second-order valence-corrected chi connectivity index (χ2v) is 26.7. The second-order valence-electron chi connectivity index (χ2n) is 20.8. The Morgan fingerprint density at radius 2 is 0.429 bits per heavy atom. The first-order chi connectivity index (χ1) is 58.7. The summed E-state index contributed by atoms with van der Waals surface area (Å²) >= 11 is 1.79. The van der Waals surface area contributed by atoms with E-state index in [1.165, 1.54) is 9.79 Å². The monoisotopic (exact) mass is 1650 g/mol. The first-order valence-electron chi connectivity index (χ1n) is 42.8. The minimum absolute atomic E-state index is 0.0752. The predicted molar refractivity (Wildman–Crippen MR) is 531 cm³/mol.